The Morgan fingerprint density at radius 1 is 1.00 bits per heavy atom. The van der Waals surface area contributed by atoms with Crippen molar-refractivity contribution in [2.75, 3.05) is 13.1 Å². The molecule has 1 aliphatic heterocycles. The minimum absolute atomic E-state index is 0.549. The summed E-state index contributed by atoms with van der Waals surface area (Å²) in [5, 5.41) is 0. The van der Waals surface area contributed by atoms with Gasteiger partial charge >= 0.3 is 0 Å². The molecule has 2 fully saturated rings. The molecule has 1 heteroatoms. The lowest BCUT2D eigenvalue weighted by atomic mass is 9.63. The second-order valence-electron chi connectivity index (χ2n) is 9.89. The molecule has 1 heterocycles. The van der Waals surface area contributed by atoms with Crippen molar-refractivity contribution < 1.29 is 0 Å². The second-order valence-corrected chi connectivity index (χ2v) is 9.89. The molecule has 0 bridgehead atoms. The average molecular weight is 388 g/mol. The molecule has 2 aromatic rings. The van der Waals surface area contributed by atoms with Gasteiger partial charge in [-0.05, 0) is 66.9 Å². The summed E-state index contributed by atoms with van der Waals surface area (Å²) < 4.78 is 0. The average Bonchev–Trinajstić information content (AvgIpc) is 2.75. The van der Waals surface area contributed by atoms with E-state index < -0.39 is 0 Å². The monoisotopic (exact) mass is 387 g/mol. The SMILES string of the molecule is C=C(c1ccccc1CC(C)C)N1CCC2(CCCC(c3ccccc3)C2)CC1. The van der Waals surface area contributed by atoms with E-state index in [0.717, 1.165) is 25.4 Å². The van der Waals surface area contributed by atoms with E-state index in [4.69, 9.17) is 0 Å². The molecule has 1 saturated carbocycles. The van der Waals surface area contributed by atoms with Gasteiger partial charge in [-0.2, -0.15) is 0 Å². The molecular weight excluding hydrogens is 350 g/mol. The molecule has 0 amide bonds. The quantitative estimate of drug-likeness (QED) is 0.520. The largest absolute Gasteiger partial charge is 0.371 e. The number of rotatable bonds is 5. The molecule has 1 nitrogen and oxygen atoms in total. The van der Waals surface area contributed by atoms with Crippen molar-refractivity contribution in [2.24, 2.45) is 11.3 Å². The molecule has 154 valence electrons. The molecule has 1 unspecified atom stereocenters. The summed E-state index contributed by atoms with van der Waals surface area (Å²) in [6.45, 7) is 11.5. The van der Waals surface area contributed by atoms with Crippen LogP contribution in [0.4, 0.5) is 0 Å². The van der Waals surface area contributed by atoms with E-state index in [0.29, 0.717) is 11.3 Å². The van der Waals surface area contributed by atoms with Crippen molar-refractivity contribution in [3.05, 3.63) is 77.9 Å². The molecule has 1 aliphatic carbocycles. The van der Waals surface area contributed by atoms with Gasteiger partial charge in [-0.3, -0.25) is 0 Å². The second kappa shape index (κ2) is 8.78. The topological polar surface area (TPSA) is 3.24 Å². The van der Waals surface area contributed by atoms with E-state index in [1.165, 1.54) is 55.3 Å². The summed E-state index contributed by atoms with van der Waals surface area (Å²) in [5.74, 6) is 1.43. The van der Waals surface area contributed by atoms with Crippen LogP contribution in [0, 0.1) is 11.3 Å². The Morgan fingerprint density at radius 3 is 2.41 bits per heavy atom. The number of benzene rings is 2. The third-order valence-corrected chi connectivity index (χ3v) is 7.37. The first-order chi connectivity index (χ1) is 14.1. The van der Waals surface area contributed by atoms with Gasteiger partial charge in [0.05, 0.1) is 0 Å². The van der Waals surface area contributed by atoms with Crippen LogP contribution in [0.15, 0.2) is 61.2 Å². The highest BCUT2D eigenvalue weighted by atomic mass is 15.1. The number of hydrogen-bond acceptors (Lipinski definition) is 1. The highest BCUT2D eigenvalue weighted by molar-refractivity contribution is 5.65. The van der Waals surface area contributed by atoms with Gasteiger partial charge in [0, 0.05) is 24.4 Å². The van der Waals surface area contributed by atoms with Crippen LogP contribution in [0.1, 0.15) is 75.0 Å². The van der Waals surface area contributed by atoms with Crippen molar-refractivity contribution >= 4 is 5.70 Å². The first-order valence-corrected chi connectivity index (χ1v) is 11.6. The standard InChI is InChI=1S/C28H37N/c1-22(2)20-25-12-7-8-14-27(25)23(3)29-18-16-28(17-19-29)15-9-13-26(21-28)24-10-5-4-6-11-24/h4-8,10-12,14,22,26H,3,9,13,15-21H2,1-2H3. The number of nitrogens with zero attached hydrogens (tertiary/aromatic N) is 1. The van der Waals surface area contributed by atoms with Gasteiger partial charge in [-0.25, -0.2) is 0 Å². The molecule has 1 saturated heterocycles. The Bertz CT molecular complexity index is 811. The summed E-state index contributed by atoms with van der Waals surface area (Å²) in [6, 6.07) is 20.1. The van der Waals surface area contributed by atoms with Crippen LogP contribution in [0.25, 0.3) is 5.70 Å². The first-order valence-electron chi connectivity index (χ1n) is 11.6. The minimum atomic E-state index is 0.549. The third-order valence-electron chi connectivity index (χ3n) is 7.37. The summed E-state index contributed by atoms with van der Waals surface area (Å²) in [4.78, 5) is 2.57. The van der Waals surface area contributed by atoms with E-state index in [-0.39, 0.29) is 0 Å². The lowest BCUT2D eigenvalue weighted by Gasteiger charge is -2.48. The zero-order valence-corrected chi connectivity index (χ0v) is 18.4. The molecule has 2 aliphatic rings. The van der Waals surface area contributed by atoms with Crippen molar-refractivity contribution in [3.8, 4) is 0 Å². The molecular formula is C28H37N. The van der Waals surface area contributed by atoms with Crippen molar-refractivity contribution in [3.63, 3.8) is 0 Å². The van der Waals surface area contributed by atoms with Crippen LogP contribution in [0.5, 0.6) is 0 Å². The number of piperidine rings is 1. The van der Waals surface area contributed by atoms with Crippen LogP contribution in [-0.4, -0.2) is 18.0 Å². The first kappa shape index (κ1) is 20.3. The molecule has 0 N–H and O–H groups in total. The lowest BCUT2D eigenvalue weighted by molar-refractivity contribution is 0.0834. The molecule has 0 aromatic heterocycles. The highest BCUT2D eigenvalue weighted by Gasteiger charge is 2.39. The summed E-state index contributed by atoms with van der Waals surface area (Å²) >= 11 is 0. The number of hydrogen-bond donors (Lipinski definition) is 0. The van der Waals surface area contributed by atoms with Crippen molar-refractivity contribution in [1.82, 2.24) is 4.90 Å². The van der Waals surface area contributed by atoms with E-state index in [2.05, 4.69) is 79.9 Å². The zero-order chi connectivity index (χ0) is 20.3. The fourth-order valence-corrected chi connectivity index (χ4v) is 5.76. The molecule has 4 rings (SSSR count). The smallest absolute Gasteiger partial charge is 0.0369 e. The van der Waals surface area contributed by atoms with E-state index in [1.807, 2.05) is 0 Å². The lowest BCUT2D eigenvalue weighted by Crippen LogP contribution is -2.41. The maximum Gasteiger partial charge on any atom is 0.0369 e. The van der Waals surface area contributed by atoms with Gasteiger partial charge in [-0.15, -0.1) is 0 Å². The molecule has 1 atom stereocenters. The van der Waals surface area contributed by atoms with E-state index >= 15 is 0 Å². The van der Waals surface area contributed by atoms with Gasteiger partial charge in [0.15, 0.2) is 0 Å². The van der Waals surface area contributed by atoms with Gasteiger partial charge in [0.2, 0.25) is 0 Å². The Balaban J connectivity index is 1.42. The van der Waals surface area contributed by atoms with Crippen LogP contribution < -0.4 is 0 Å². The van der Waals surface area contributed by atoms with E-state index in [1.54, 1.807) is 5.56 Å². The van der Waals surface area contributed by atoms with Gasteiger partial charge in [-0.1, -0.05) is 81.4 Å². The predicted octanol–water partition coefficient (Wildman–Crippen LogP) is 7.30. The van der Waals surface area contributed by atoms with Crippen molar-refractivity contribution in [1.29, 1.82) is 0 Å². The number of likely N-dealkylation sites (tertiary alicyclic amines) is 1. The normalized spacial score (nSPS) is 21.5. The molecule has 0 radical (unpaired) electrons. The summed E-state index contributed by atoms with van der Waals surface area (Å²) in [5.41, 5.74) is 6.16. The molecule has 1 spiro atoms. The Morgan fingerprint density at radius 2 is 1.69 bits per heavy atom. The maximum absolute atomic E-state index is 4.54. The van der Waals surface area contributed by atoms with Crippen LogP contribution >= 0.6 is 0 Å². The van der Waals surface area contributed by atoms with Crippen LogP contribution in [-0.2, 0) is 6.42 Å². The fourth-order valence-electron chi connectivity index (χ4n) is 5.76. The third kappa shape index (κ3) is 4.60. The highest BCUT2D eigenvalue weighted by Crippen LogP contribution is 2.50. The molecule has 2 aromatic carbocycles. The van der Waals surface area contributed by atoms with Crippen LogP contribution in [0.2, 0.25) is 0 Å². The summed E-state index contributed by atoms with van der Waals surface area (Å²) in [6.07, 6.45) is 9.32. The minimum Gasteiger partial charge on any atom is -0.371 e. The van der Waals surface area contributed by atoms with Gasteiger partial charge in [0.25, 0.3) is 0 Å². The molecule has 29 heavy (non-hydrogen) atoms. The summed E-state index contributed by atoms with van der Waals surface area (Å²) in [7, 11) is 0. The van der Waals surface area contributed by atoms with Crippen molar-refractivity contribution in [2.45, 2.75) is 64.7 Å². The van der Waals surface area contributed by atoms with Gasteiger partial charge in [0.1, 0.15) is 0 Å². The Kier molecular flexibility index (Phi) is 6.13. The Hall–Kier alpha value is -2.02. The maximum atomic E-state index is 4.54. The van der Waals surface area contributed by atoms with Crippen LogP contribution in [0.3, 0.4) is 0 Å². The predicted molar refractivity (Wildman–Crippen MR) is 125 cm³/mol. The zero-order valence-electron chi connectivity index (χ0n) is 18.4. The fraction of sp³-hybridized carbons (Fsp3) is 0.500. The Labute approximate surface area is 177 Å². The van der Waals surface area contributed by atoms with E-state index in [9.17, 15) is 0 Å². The van der Waals surface area contributed by atoms with Gasteiger partial charge < -0.3 is 4.90 Å².